The molecule has 0 bridgehead atoms. The molecule has 7 heteroatoms. The summed E-state index contributed by atoms with van der Waals surface area (Å²) in [6.07, 6.45) is 3.54. The Morgan fingerprint density at radius 3 is 3.19 bits per heavy atom. The van der Waals surface area contributed by atoms with E-state index in [0.29, 0.717) is 24.0 Å². The van der Waals surface area contributed by atoms with E-state index in [-0.39, 0.29) is 11.9 Å². The number of nitrogens with zero attached hydrogens (tertiary/aromatic N) is 4. The minimum absolute atomic E-state index is 0.230. The van der Waals surface area contributed by atoms with Crippen LogP contribution in [0.25, 0.3) is 0 Å². The first-order chi connectivity index (χ1) is 10.2. The normalized spacial score (nSPS) is 15.1. The van der Waals surface area contributed by atoms with Gasteiger partial charge in [-0.15, -0.1) is 0 Å². The molecule has 21 heavy (non-hydrogen) atoms. The summed E-state index contributed by atoms with van der Waals surface area (Å²) in [5, 5.41) is 11.4. The van der Waals surface area contributed by atoms with Crippen molar-refractivity contribution in [3.8, 4) is 5.88 Å². The molecule has 0 aromatic carbocycles. The van der Waals surface area contributed by atoms with Crippen molar-refractivity contribution < 1.29 is 9.53 Å². The zero-order valence-corrected chi connectivity index (χ0v) is 12.2. The highest BCUT2D eigenvalue weighted by molar-refractivity contribution is 6.02. The van der Waals surface area contributed by atoms with E-state index in [1.54, 1.807) is 23.0 Å². The van der Waals surface area contributed by atoms with Gasteiger partial charge in [-0.3, -0.25) is 4.79 Å². The summed E-state index contributed by atoms with van der Waals surface area (Å²) in [4.78, 5) is 12.3. The van der Waals surface area contributed by atoms with Gasteiger partial charge in [0.25, 0.3) is 5.91 Å². The molecule has 1 atom stereocenters. The molecule has 3 heterocycles. The number of ether oxygens (including phenoxy) is 1. The van der Waals surface area contributed by atoms with Crippen LogP contribution in [0.15, 0.2) is 18.3 Å². The average Bonchev–Trinajstić information content (AvgIpc) is 3.12. The first kappa shape index (κ1) is 13.7. The Morgan fingerprint density at radius 2 is 2.43 bits per heavy atom. The van der Waals surface area contributed by atoms with Crippen LogP contribution in [0.3, 0.4) is 0 Å². The largest absolute Gasteiger partial charge is 0.478 e. The molecule has 0 fully saturated rings. The molecule has 1 N–H and O–H groups in total. The first-order valence-electron chi connectivity index (χ1n) is 7.24. The quantitative estimate of drug-likeness (QED) is 0.935. The number of rotatable bonds is 4. The van der Waals surface area contributed by atoms with E-state index < -0.39 is 0 Å². The van der Waals surface area contributed by atoms with E-state index in [1.165, 1.54) is 0 Å². The van der Waals surface area contributed by atoms with Gasteiger partial charge in [0.15, 0.2) is 5.69 Å². The lowest BCUT2D eigenvalue weighted by atomic mass is 10.3. The Kier molecular flexibility index (Phi) is 3.64. The van der Waals surface area contributed by atoms with Crippen molar-refractivity contribution in [2.75, 3.05) is 11.9 Å². The highest BCUT2D eigenvalue weighted by Crippen LogP contribution is 2.20. The fourth-order valence-electron chi connectivity index (χ4n) is 2.30. The molecule has 0 aliphatic carbocycles. The maximum atomic E-state index is 12.3. The first-order valence-corrected chi connectivity index (χ1v) is 7.24. The van der Waals surface area contributed by atoms with Crippen LogP contribution in [0, 0.1) is 0 Å². The summed E-state index contributed by atoms with van der Waals surface area (Å²) in [5.41, 5.74) is 0.365. The van der Waals surface area contributed by atoms with Crippen LogP contribution in [-0.2, 0) is 6.54 Å². The summed E-state index contributed by atoms with van der Waals surface area (Å²) in [5.74, 6) is 1.09. The molecule has 0 saturated carbocycles. The molecule has 3 rings (SSSR count). The van der Waals surface area contributed by atoms with E-state index in [0.717, 1.165) is 19.4 Å². The third-order valence-corrected chi connectivity index (χ3v) is 3.66. The predicted octanol–water partition coefficient (Wildman–Crippen LogP) is 2.09. The van der Waals surface area contributed by atoms with Crippen molar-refractivity contribution in [1.29, 1.82) is 0 Å². The number of anilines is 1. The van der Waals surface area contributed by atoms with E-state index in [1.807, 2.05) is 4.68 Å². The number of fused-ring (bicyclic) bond motifs is 1. The molecule has 0 spiro atoms. The van der Waals surface area contributed by atoms with Crippen molar-refractivity contribution in [1.82, 2.24) is 19.6 Å². The lowest BCUT2D eigenvalue weighted by Crippen LogP contribution is -2.18. The van der Waals surface area contributed by atoms with E-state index in [2.05, 4.69) is 29.4 Å². The highest BCUT2D eigenvalue weighted by Gasteiger charge is 2.19. The second kappa shape index (κ2) is 5.59. The van der Waals surface area contributed by atoms with Gasteiger partial charge in [-0.25, -0.2) is 9.36 Å². The Labute approximate surface area is 122 Å². The van der Waals surface area contributed by atoms with Gasteiger partial charge >= 0.3 is 0 Å². The fourth-order valence-corrected chi connectivity index (χ4v) is 2.30. The van der Waals surface area contributed by atoms with Gasteiger partial charge in [0, 0.05) is 25.1 Å². The number of nitrogens with one attached hydrogen (secondary N) is 1. The Morgan fingerprint density at radius 1 is 1.57 bits per heavy atom. The standard InChI is InChI=1S/C14H19N5O2/c1-3-10(2)19-12(5-6-15-19)16-14(20)11-9-13-18(17-11)7-4-8-21-13/h5-6,9-10H,3-4,7-8H2,1-2H3,(H,16,20). The maximum Gasteiger partial charge on any atom is 0.277 e. The molecule has 2 aromatic heterocycles. The number of carbonyl (C=O) groups excluding carboxylic acids is 1. The molecule has 1 unspecified atom stereocenters. The molecule has 0 radical (unpaired) electrons. The molecule has 1 amide bonds. The van der Waals surface area contributed by atoms with Crippen molar-refractivity contribution in [3.63, 3.8) is 0 Å². The number of amides is 1. The third-order valence-electron chi connectivity index (χ3n) is 3.66. The van der Waals surface area contributed by atoms with Crippen LogP contribution < -0.4 is 10.1 Å². The molecular formula is C14H19N5O2. The predicted molar refractivity (Wildman–Crippen MR) is 77.5 cm³/mol. The number of hydrogen-bond acceptors (Lipinski definition) is 4. The number of aryl methyl sites for hydroxylation is 1. The van der Waals surface area contributed by atoms with Crippen LogP contribution in [0.1, 0.15) is 43.2 Å². The van der Waals surface area contributed by atoms with Crippen LogP contribution in [0.4, 0.5) is 5.82 Å². The Balaban J connectivity index is 1.77. The second-order valence-corrected chi connectivity index (χ2v) is 5.17. The zero-order valence-electron chi connectivity index (χ0n) is 12.2. The molecule has 7 nitrogen and oxygen atoms in total. The minimum Gasteiger partial charge on any atom is -0.478 e. The summed E-state index contributed by atoms with van der Waals surface area (Å²) in [6, 6.07) is 3.70. The van der Waals surface area contributed by atoms with Crippen molar-refractivity contribution in [3.05, 3.63) is 24.0 Å². The highest BCUT2D eigenvalue weighted by atomic mass is 16.5. The summed E-state index contributed by atoms with van der Waals surface area (Å²) >= 11 is 0. The number of hydrogen-bond donors (Lipinski definition) is 1. The van der Waals surface area contributed by atoms with Gasteiger partial charge in [0.05, 0.1) is 18.8 Å². The van der Waals surface area contributed by atoms with Gasteiger partial charge in [0.1, 0.15) is 5.82 Å². The van der Waals surface area contributed by atoms with Crippen molar-refractivity contribution in [2.24, 2.45) is 0 Å². The smallest absolute Gasteiger partial charge is 0.277 e. The molecule has 112 valence electrons. The Bertz CT molecular complexity index is 622. The van der Waals surface area contributed by atoms with Gasteiger partial charge in [-0.05, 0) is 13.3 Å². The molecular weight excluding hydrogens is 270 g/mol. The number of carbonyl (C=O) groups is 1. The van der Waals surface area contributed by atoms with Gasteiger partial charge in [-0.1, -0.05) is 6.92 Å². The molecule has 1 aliphatic rings. The molecule has 1 aliphatic heterocycles. The fraction of sp³-hybridized carbons (Fsp3) is 0.500. The van der Waals surface area contributed by atoms with Crippen LogP contribution >= 0.6 is 0 Å². The zero-order chi connectivity index (χ0) is 14.8. The van der Waals surface area contributed by atoms with E-state index in [9.17, 15) is 4.79 Å². The maximum absolute atomic E-state index is 12.3. The van der Waals surface area contributed by atoms with Crippen LogP contribution in [-0.4, -0.2) is 32.1 Å². The molecule has 0 saturated heterocycles. The number of aromatic nitrogens is 4. The second-order valence-electron chi connectivity index (χ2n) is 5.17. The SMILES string of the molecule is CCC(C)n1nccc1NC(=O)c1cc2n(n1)CCCO2. The monoisotopic (exact) mass is 289 g/mol. The van der Waals surface area contributed by atoms with Crippen molar-refractivity contribution >= 4 is 11.7 Å². The van der Waals surface area contributed by atoms with Crippen LogP contribution in [0.5, 0.6) is 5.88 Å². The van der Waals surface area contributed by atoms with Gasteiger partial charge in [-0.2, -0.15) is 10.2 Å². The Hall–Kier alpha value is -2.31. The lowest BCUT2D eigenvalue weighted by molar-refractivity contribution is 0.102. The van der Waals surface area contributed by atoms with Crippen LogP contribution in [0.2, 0.25) is 0 Å². The summed E-state index contributed by atoms with van der Waals surface area (Å²) < 4.78 is 9.01. The average molecular weight is 289 g/mol. The van der Waals surface area contributed by atoms with Gasteiger partial charge in [0.2, 0.25) is 5.88 Å². The minimum atomic E-state index is -0.245. The van der Waals surface area contributed by atoms with Crippen molar-refractivity contribution in [2.45, 2.75) is 39.3 Å². The lowest BCUT2D eigenvalue weighted by Gasteiger charge is -2.13. The molecule has 2 aromatic rings. The van der Waals surface area contributed by atoms with Gasteiger partial charge < -0.3 is 10.1 Å². The summed E-state index contributed by atoms with van der Waals surface area (Å²) in [7, 11) is 0. The third kappa shape index (κ3) is 2.63. The topological polar surface area (TPSA) is 74.0 Å². The van der Waals surface area contributed by atoms with E-state index in [4.69, 9.17) is 4.74 Å². The van der Waals surface area contributed by atoms with E-state index >= 15 is 0 Å². The summed E-state index contributed by atoms with van der Waals surface area (Å²) in [6.45, 7) is 5.60.